The average Bonchev–Trinajstić information content (AvgIpc) is 2.79. The number of hydrogen-bond donors (Lipinski definition) is 2. The van der Waals surface area contributed by atoms with Gasteiger partial charge in [-0.3, -0.25) is 9.78 Å². The van der Waals surface area contributed by atoms with Crippen LogP contribution in [0.3, 0.4) is 0 Å². The van der Waals surface area contributed by atoms with Gasteiger partial charge in [0.1, 0.15) is 11.2 Å². The van der Waals surface area contributed by atoms with Gasteiger partial charge in [-0.1, -0.05) is 17.7 Å². The number of benzene rings is 1. The van der Waals surface area contributed by atoms with Gasteiger partial charge in [0.25, 0.3) is 5.91 Å². The van der Waals surface area contributed by atoms with E-state index in [0.29, 0.717) is 16.8 Å². The Balaban J connectivity index is 1.92. The van der Waals surface area contributed by atoms with Crippen LogP contribution >= 0.6 is 0 Å². The second-order valence-electron chi connectivity index (χ2n) is 4.52. The number of anilines is 2. The second-order valence-corrected chi connectivity index (χ2v) is 4.52. The number of rotatable bonds is 2. The summed E-state index contributed by atoms with van der Waals surface area (Å²) in [4.78, 5) is 16.3. The predicted octanol–water partition coefficient (Wildman–Crippen LogP) is 2.97. The molecule has 0 radical (unpaired) electrons. The van der Waals surface area contributed by atoms with Crippen molar-refractivity contribution in [3.63, 3.8) is 0 Å². The van der Waals surface area contributed by atoms with Gasteiger partial charge < -0.3 is 15.5 Å². The number of aryl methyl sites for hydroxylation is 1. The minimum absolute atomic E-state index is 0.0827. The molecule has 3 rings (SSSR count). The molecule has 0 fully saturated rings. The molecule has 100 valence electrons. The number of hydrogen-bond acceptors (Lipinski definition) is 4. The van der Waals surface area contributed by atoms with E-state index in [9.17, 15) is 4.79 Å². The summed E-state index contributed by atoms with van der Waals surface area (Å²) >= 11 is 0. The van der Waals surface area contributed by atoms with Gasteiger partial charge in [-0.05, 0) is 31.2 Å². The predicted molar refractivity (Wildman–Crippen MR) is 77.6 cm³/mol. The third-order valence-electron chi connectivity index (χ3n) is 3.00. The summed E-state index contributed by atoms with van der Waals surface area (Å²) in [5.74, 6) is -0.302. The first-order chi connectivity index (χ1) is 9.65. The molecule has 5 nitrogen and oxygen atoms in total. The molecule has 20 heavy (non-hydrogen) atoms. The average molecular weight is 267 g/mol. The van der Waals surface area contributed by atoms with E-state index >= 15 is 0 Å². The highest BCUT2D eigenvalue weighted by Gasteiger charge is 2.19. The van der Waals surface area contributed by atoms with Gasteiger partial charge in [0, 0.05) is 11.9 Å². The zero-order valence-corrected chi connectivity index (χ0v) is 10.9. The van der Waals surface area contributed by atoms with E-state index in [1.165, 1.54) is 0 Å². The van der Waals surface area contributed by atoms with Crippen molar-refractivity contribution in [1.82, 2.24) is 4.98 Å². The van der Waals surface area contributed by atoms with Crippen molar-refractivity contribution >= 4 is 28.4 Å². The zero-order valence-electron chi connectivity index (χ0n) is 10.9. The molecule has 0 unspecified atom stereocenters. The van der Waals surface area contributed by atoms with Crippen molar-refractivity contribution in [2.24, 2.45) is 0 Å². The Morgan fingerprint density at radius 1 is 1.25 bits per heavy atom. The van der Waals surface area contributed by atoms with Gasteiger partial charge in [-0.25, -0.2) is 0 Å². The maximum absolute atomic E-state index is 12.2. The van der Waals surface area contributed by atoms with Gasteiger partial charge in [-0.15, -0.1) is 0 Å². The van der Waals surface area contributed by atoms with Crippen LogP contribution in [-0.4, -0.2) is 10.9 Å². The van der Waals surface area contributed by atoms with Crippen LogP contribution in [0.4, 0.5) is 11.4 Å². The molecule has 1 amide bonds. The van der Waals surface area contributed by atoms with Gasteiger partial charge in [0.15, 0.2) is 5.58 Å². The molecular formula is C15H13N3O2. The number of pyridine rings is 1. The van der Waals surface area contributed by atoms with Crippen LogP contribution in [0.2, 0.25) is 0 Å². The molecule has 3 N–H and O–H groups in total. The lowest BCUT2D eigenvalue weighted by atomic mass is 10.2. The molecule has 5 heteroatoms. The molecular weight excluding hydrogens is 254 g/mol. The molecule has 0 aliphatic heterocycles. The van der Waals surface area contributed by atoms with Crippen molar-refractivity contribution in [2.45, 2.75) is 6.92 Å². The fourth-order valence-electron chi connectivity index (χ4n) is 1.94. The van der Waals surface area contributed by atoms with Crippen molar-refractivity contribution in [1.29, 1.82) is 0 Å². The maximum atomic E-state index is 12.2. The van der Waals surface area contributed by atoms with Crippen LogP contribution in [0.5, 0.6) is 0 Å². The minimum Gasteiger partial charge on any atom is -0.447 e. The Labute approximate surface area is 115 Å². The summed E-state index contributed by atoms with van der Waals surface area (Å²) < 4.78 is 5.46. The van der Waals surface area contributed by atoms with E-state index in [1.54, 1.807) is 18.3 Å². The first-order valence-corrected chi connectivity index (χ1v) is 6.16. The second kappa shape index (κ2) is 4.70. The largest absolute Gasteiger partial charge is 0.447 e. The molecule has 2 aromatic heterocycles. The monoisotopic (exact) mass is 267 g/mol. The molecule has 0 bridgehead atoms. The first kappa shape index (κ1) is 12.2. The Morgan fingerprint density at radius 2 is 2.00 bits per heavy atom. The molecule has 1 aromatic carbocycles. The fourth-order valence-corrected chi connectivity index (χ4v) is 1.94. The molecule has 0 saturated heterocycles. The van der Waals surface area contributed by atoms with Crippen LogP contribution in [0.25, 0.3) is 11.1 Å². The number of nitrogens with two attached hydrogens (primary N) is 1. The van der Waals surface area contributed by atoms with Crippen molar-refractivity contribution < 1.29 is 9.21 Å². The van der Waals surface area contributed by atoms with Gasteiger partial charge in [0.2, 0.25) is 5.76 Å². The highest BCUT2D eigenvalue weighted by molar-refractivity contribution is 6.10. The standard InChI is InChI=1S/C15H13N3O2/c1-9-4-6-10(7-5-9)18-15(19)14-12(16)13-11(20-14)3-2-8-17-13/h2-8H,16H2,1H3,(H,18,19). The number of furan rings is 1. The minimum atomic E-state index is -0.385. The fraction of sp³-hybridized carbons (Fsp3) is 0.0667. The highest BCUT2D eigenvalue weighted by Crippen LogP contribution is 2.26. The SMILES string of the molecule is Cc1ccc(NC(=O)c2oc3cccnc3c2N)cc1. The summed E-state index contributed by atoms with van der Waals surface area (Å²) in [6.07, 6.45) is 1.61. The number of carbonyl (C=O) groups is 1. The summed E-state index contributed by atoms with van der Waals surface area (Å²) in [6.45, 7) is 1.98. The lowest BCUT2D eigenvalue weighted by Gasteiger charge is -2.03. The van der Waals surface area contributed by atoms with Gasteiger partial charge >= 0.3 is 0 Å². The number of fused-ring (bicyclic) bond motifs is 1. The van der Waals surface area contributed by atoms with Crippen molar-refractivity contribution in [2.75, 3.05) is 11.1 Å². The van der Waals surface area contributed by atoms with Gasteiger partial charge in [0.05, 0.1) is 0 Å². The Bertz CT molecular complexity index is 775. The highest BCUT2D eigenvalue weighted by atomic mass is 16.3. The number of aromatic nitrogens is 1. The molecule has 2 heterocycles. The van der Waals surface area contributed by atoms with Crippen molar-refractivity contribution in [3.05, 3.63) is 53.9 Å². The summed E-state index contributed by atoms with van der Waals surface area (Å²) in [5.41, 5.74) is 8.97. The number of carbonyl (C=O) groups excluding carboxylic acids is 1. The normalized spacial score (nSPS) is 10.7. The molecule has 0 saturated carbocycles. The molecule has 0 aliphatic rings. The zero-order chi connectivity index (χ0) is 14.1. The van der Waals surface area contributed by atoms with Crippen LogP contribution in [-0.2, 0) is 0 Å². The van der Waals surface area contributed by atoms with Crippen LogP contribution in [0.15, 0.2) is 47.0 Å². The van der Waals surface area contributed by atoms with Crippen LogP contribution in [0, 0.1) is 6.92 Å². The third kappa shape index (κ3) is 2.09. The lowest BCUT2D eigenvalue weighted by Crippen LogP contribution is -2.12. The van der Waals surface area contributed by atoms with Gasteiger partial charge in [-0.2, -0.15) is 0 Å². The molecule has 3 aromatic rings. The van der Waals surface area contributed by atoms with E-state index in [-0.39, 0.29) is 17.4 Å². The topological polar surface area (TPSA) is 81.2 Å². The molecule has 0 aliphatic carbocycles. The summed E-state index contributed by atoms with van der Waals surface area (Å²) in [5, 5.41) is 2.75. The summed E-state index contributed by atoms with van der Waals surface area (Å²) in [7, 11) is 0. The number of amides is 1. The molecule has 0 atom stereocenters. The third-order valence-corrected chi connectivity index (χ3v) is 3.00. The quantitative estimate of drug-likeness (QED) is 0.748. The van der Waals surface area contributed by atoms with E-state index in [0.717, 1.165) is 5.56 Å². The van der Waals surface area contributed by atoms with E-state index < -0.39 is 0 Å². The summed E-state index contributed by atoms with van der Waals surface area (Å²) in [6, 6.07) is 10.9. The maximum Gasteiger partial charge on any atom is 0.293 e. The Kier molecular flexibility index (Phi) is 2.87. The number of nitrogen functional groups attached to an aromatic ring is 1. The van der Waals surface area contributed by atoms with Crippen LogP contribution < -0.4 is 11.1 Å². The smallest absolute Gasteiger partial charge is 0.293 e. The molecule has 0 spiro atoms. The van der Waals surface area contributed by atoms with Crippen molar-refractivity contribution in [3.8, 4) is 0 Å². The number of nitrogens with zero attached hydrogens (tertiary/aromatic N) is 1. The van der Waals surface area contributed by atoms with Crippen LogP contribution in [0.1, 0.15) is 16.1 Å². The van der Waals surface area contributed by atoms with E-state index in [1.807, 2.05) is 31.2 Å². The Morgan fingerprint density at radius 3 is 2.70 bits per heavy atom. The first-order valence-electron chi connectivity index (χ1n) is 6.16. The lowest BCUT2D eigenvalue weighted by molar-refractivity contribution is 0.1000. The van der Waals surface area contributed by atoms with E-state index in [4.69, 9.17) is 10.2 Å². The Hall–Kier alpha value is -2.82. The van der Waals surface area contributed by atoms with E-state index in [2.05, 4.69) is 10.3 Å². The number of nitrogens with one attached hydrogen (secondary N) is 1.